The molecule has 0 N–H and O–H groups in total. The summed E-state index contributed by atoms with van der Waals surface area (Å²) < 4.78 is 72.3. The van der Waals surface area contributed by atoms with Crippen LogP contribution >= 0.6 is 0 Å². The normalized spacial score (nSPS) is 19.1. The van der Waals surface area contributed by atoms with Gasteiger partial charge in [-0.3, -0.25) is 0 Å². The third-order valence-corrected chi connectivity index (χ3v) is 6.07. The van der Waals surface area contributed by atoms with Gasteiger partial charge in [-0.1, -0.05) is 0 Å². The van der Waals surface area contributed by atoms with E-state index in [1.54, 1.807) is 4.57 Å². The number of sulfonamides is 1. The molecule has 0 bridgehead atoms. The summed E-state index contributed by atoms with van der Waals surface area (Å²) in [6, 6.07) is 0.380. The van der Waals surface area contributed by atoms with Gasteiger partial charge in [-0.05, 0) is 32.8 Å². The van der Waals surface area contributed by atoms with Crippen molar-refractivity contribution in [2.75, 3.05) is 13.1 Å². The molecule has 1 unspecified atom stereocenters. The summed E-state index contributed by atoms with van der Waals surface area (Å²) in [5, 5.41) is -0.0721. The number of imidazole rings is 1. The Morgan fingerprint density at radius 2 is 2.04 bits per heavy atom. The highest BCUT2D eigenvalue weighted by Crippen LogP contribution is 2.28. The van der Waals surface area contributed by atoms with E-state index < -0.39 is 34.0 Å². The quantitative estimate of drug-likeness (QED) is 0.740. The molecule has 12 heteroatoms. The Kier molecular flexibility index (Phi) is 5.62. The van der Waals surface area contributed by atoms with Crippen molar-refractivity contribution in [1.29, 1.82) is 0 Å². The van der Waals surface area contributed by atoms with Crippen LogP contribution in [0.25, 0.3) is 0 Å². The van der Waals surface area contributed by atoms with Crippen molar-refractivity contribution in [3.05, 3.63) is 30.5 Å². The van der Waals surface area contributed by atoms with Gasteiger partial charge >= 0.3 is 12.2 Å². The zero-order valence-electron chi connectivity index (χ0n) is 15.3. The highest BCUT2D eigenvalue weighted by molar-refractivity contribution is 7.89. The molecule has 3 heterocycles. The van der Waals surface area contributed by atoms with Crippen LogP contribution in [0.4, 0.5) is 13.2 Å². The third-order valence-electron chi connectivity index (χ3n) is 4.32. The van der Waals surface area contributed by atoms with Gasteiger partial charge in [0.25, 0.3) is 10.0 Å². The van der Waals surface area contributed by atoms with Crippen molar-refractivity contribution in [3.63, 3.8) is 0 Å². The van der Waals surface area contributed by atoms with E-state index in [9.17, 15) is 21.6 Å². The average molecular weight is 419 g/mol. The Hall–Kier alpha value is -2.21. The lowest BCUT2D eigenvalue weighted by Gasteiger charge is -2.31. The summed E-state index contributed by atoms with van der Waals surface area (Å²) >= 11 is 0. The summed E-state index contributed by atoms with van der Waals surface area (Å²) in [5.41, 5.74) is -1.11. The van der Waals surface area contributed by atoms with Gasteiger partial charge in [0.2, 0.25) is 0 Å². The smallest absolute Gasteiger partial charge is 0.433 e. The maximum atomic E-state index is 12.8. The number of nitrogens with zero attached hydrogens (tertiary/aromatic N) is 5. The Labute approximate surface area is 160 Å². The highest BCUT2D eigenvalue weighted by atomic mass is 32.2. The van der Waals surface area contributed by atoms with Gasteiger partial charge < -0.3 is 9.30 Å². The van der Waals surface area contributed by atoms with Crippen molar-refractivity contribution < 1.29 is 26.3 Å². The first kappa shape index (κ1) is 20.5. The van der Waals surface area contributed by atoms with Gasteiger partial charge in [-0.15, -0.1) is 0 Å². The Morgan fingerprint density at radius 1 is 1.29 bits per heavy atom. The number of hydrogen-bond donors (Lipinski definition) is 0. The lowest BCUT2D eigenvalue weighted by atomic mass is 10.1. The van der Waals surface area contributed by atoms with E-state index in [-0.39, 0.29) is 24.2 Å². The summed E-state index contributed by atoms with van der Waals surface area (Å²) in [6.07, 6.45) is -0.426. The van der Waals surface area contributed by atoms with Gasteiger partial charge in [-0.25, -0.2) is 18.4 Å². The van der Waals surface area contributed by atoms with Crippen molar-refractivity contribution >= 4 is 10.0 Å². The van der Waals surface area contributed by atoms with Gasteiger partial charge in [0, 0.05) is 25.0 Å². The van der Waals surface area contributed by atoms with Crippen LogP contribution in [-0.4, -0.2) is 51.4 Å². The summed E-state index contributed by atoms with van der Waals surface area (Å²) in [7, 11) is -3.83. The molecule has 154 valence electrons. The number of halogens is 3. The van der Waals surface area contributed by atoms with Gasteiger partial charge in [0.1, 0.15) is 6.10 Å². The van der Waals surface area contributed by atoms with E-state index in [4.69, 9.17) is 4.74 Å². The molecule has 3 rings (SSSR count). The molecule has 1 aliphatic heterocycles. The maximum Gasteiger partial charge on any atom is 0.433 e. The fourth-order valence-electron chi connectivity index (χ4n) is 2.79. The third kappa shape index (κ3) is 4.43. The summed E-state index contributed by atoms with van der Waals surface area (Å²) in [4.78, 5) is 11.0. The first-order valence-electron chi connectivity index (χ1n) is 8.68. The molecule has 2 aromatic rings. The molecule has 1 fully saturated rings. The van der Waals surface area contributed by atoms with Crippen LogP contribution in [0.15, 0.2) is 29.8 Å². The fourth-order valence-corrected chi connectivity index (χ4v) is 4.22. The Morgan fingerprint density at radius 3 is 2.68 bits per heavy atom. The van der Waals surface area contributed by atoms with E-state index in [2.05, 4.69) is 15.0 Å². The molecule has 0 aliphatic carbocycles. The van der Waals surface area contributed by atoms with Crippen LogP contribution < -0.4 is 4.74 Å². The fraction of sp³-hybridized carbons (Fsp3) is 0.562. The number of rotatable bonds is 5. The molecular weight excluding hydrogens is 399 g/mol. The zero-order valence-corrected chi connectivity index (χ0v) is 16.1. The van der Waals surface area contributed by atoms with Crippen molar-refractivity contribution in [2.24, 2.45) is 0 Å². The number of piperidine rings is 1. The van der Waals surface area contributed by atoms with Gasteiger partial charge in [0.15, 0.2) is 10.7 Å². The van der Waals surface area contributed by atoms with E-state index in [0.717, 1.165) is 12.3 Å². The SMILES string of the molecule is CC(C)n1cnc(S(=O)(=O)N2CCCC(Oc3nccc(C(F)(F)F)n3)C2)c1. The predicted octanol–water partition coefficient (Wildman–Crippen LogP) is 2.50. The number of alkyl halides is 3. The first-order valence-corrected chi connectivity index (χ1v) is 10.1. The lowest BCUT2D eigenvalue weighted by molar-refractivity contribution is -0.141. The van der Waals surface area contributed by atoms with E-state index in [0.29, 0.717) is 12.8 Å². The van der Waals surface area contributed by atoms with E-state index >= 15 is 0 Å². The van der Waals surface area contributed by atoms with Crippen LogP contribution in [0.2, 0.25) is 0 Å². The molecular formula is C16H20F3N5O3S. The maximum absolute atomic E-state index is 12.8. The average Bonchev–Trinajstić information content (AvgIpc) is 3.13. The first-order chi connectivity index (χ1) is 13.1. The Balaban J connectivity index is 1.73. The number of hydrogen-bond acceptors (Lipinski definition) is 6. The second-order valence-corrected chi connectivity index (χ2v) is 8.61. The number of ether oxygens (including phenoxy) is 1. The van der Waals surface area contributed by atoms with Gasteiger partial charge in [0.05, 0.1) is 12.9 Å². The van der Waals surface area contributed by atoms with Crippen LogP contribution in [0.1, 0.15) is 38.4 Å². The standard InChI is InChI=1S/C16H20F3N5O3S/c1-11(2)23-9-14(21-10-23)28(25,26)24-7-3-4-12(8-24)27-15-20-6-5-13(22-15)16(17,18)19/h5-6,9-12H,3-4,7-8H2,1-2H3. The molecule has 1 atom stereocenters. The molecule has 1 saturated heterocycles. The van der Waals surface area contributed by atoms with Crippen LogP contribution in [-0.2, 0) is 16.2 Å². The molecule has 8 nitrogen and oxygen atoms in total. The minimum absolute atomic E-state index is 0.0174. The molecule has 0 amide bonds. The monoisotopic (exact) mass is 419 g/mol. The number of aromatic nitrogens is 4. The van der Waals surface area contributed by atoms with Crippen molar-refractivity contribution in [2.45, 2.75) is 50.0 Å². The Bertz CT molecular complexity index is 930. The second-order valence-electron chi connectivity index (χ2n) is 6.72. The van der Waals surface area contributed by atoms with Crippen LogP contribution in [0.5, 0.6) is 6.01 Å². The molecule has 0 saturated carbocycles. The molecule has 0 radical (unpaired) electrons. The van der Waals surface area contributed by atoms with Crippen LogP contribution in [0, 0.1) is 0 Å². The minimum atomic E-state index is -4.61. The molecule has 0 spiro atoms. The molecule has 28 heavy (non-hydrogen) atoms. The zero-order chi connectivity index (χ0) is 20.5. The minimum Gasteiger partial charge on any atom is -0.459 e. The highest BCUT2D eigenvalue weighted by Gasteiger charge is 2.35. The topological polar surface area (TPSA) is 90.2 Å². The molecule has 2 aromatic heterocycles. The van der Waals surface area contributed by atoms with Crippen LogP contribution in [0.3, 0.4) is 0 Å². The largest absolute Gasteiger partial charge is 0.459 e. The van der Waals surface area contributed by atoms with E-state index in [1.807, 2.05) is 13.8 Å². The lowest BCUT2D eigenvalue weighted by Crippen LogP contribution is -2.44. The van der Waals surface area contributed by atoms with Crippen molar-refractivity contribution in [1.82, 2.24) is 23.8 Å². The molecule has 0 aromatic carbocycles. The summed E-state index contributed by atoms with van der Waals surface area (Å²) in [6.45, 7) is 4.06. The second kappa shape index (κ2) is 7.66. The summed E-state index contributed by atoms with van der Waals surface area (Å²) in [5.74, 6) is 0. The van der Waals surface area contributed by atoms with Gasteiger partial charge in [-0.2, -0.15) is 22.5 Å². The van der Waals surface area contributed by atoms with E-state index in [1.165, 1.54) is 16.8 Å². The molecule has 1 aliphatic rings. The predicted molar refractivity (Wildman–Crippen MR) is 92.1 cm³/mol. The van der Waals surface area contributed by atoms with Crippen molar-refractivity contribution in [3.8, 4) is 6.01 Å².